The van der Waals surface area contributed by atoms with Crippen molar-refractivity contribution in [2.45, 2.75) is 58.4 Å². The SMILES string of the molecule is CC1CCN(CC(=O)NC2CCCCC2C)CC1. The van der Waals surface area contributed by atoms with E-state index in [0.29, 0.717) is 18.5 Å². The van der Waals surface area contributed by atoms with Gasteiger partial charge in [-0.3, -0.25) is 9.69 Å². The van der Waals surface area contributed by atoms with Gasteiger partial charge in [-0.05, 0) is 50.6 Å². The molecular formula is C15H28N2O. The summed E-state index contributed by atoms with van der Waals surface area (Å²) in [6, 6.07) is 0.426. The lowest BCUT2D eigenvalue weighted by Gasteiger charge is -2.32. The van der Waals surface area contributed by atoms with Crippen molar-refractivity contribution < 1.29 is 4.79 Å². The number of hydrogen-bond donors (Lipinski definition) is 1. The molecule has 104 valence electrons. The molecule has 1 aliphatic heterocycles. The fourth-order valence-electron chi connectivity index (χ4n) is 3.21. The van der Waals surface area contributed by atoms with Gasteiger partial charge in [-0.2, -0.15) is 0 Å². The van der Waals surface area contributed by atoms with Crippen LogP contribution in [0.25, 0.3) is 0 Å². The zero-order valence-electron chi connectivity index (χ0n) is 12.0. The predicted octanol–water partition coefficient (Wildman–Crippen LogP) is 2.41. The van der Waals surface area contributed by atoms with Gasteiger partial charge in [0.05, 0.1) is 6.54 Å². The molecule has 3 heteroatoms. The van der Waals surface area contributed by atoms with Crippen LogP contribution in [0.15, 0.2) is 0 Å². The molecule has 1 saturated heterocycles. The summed E-state index contributed by atoms with van der Waals surface area (Å²) in [6.07, 6.45) is 7.53. The lowest BCUT2D eigenvalue weighted by Crippen LogP contribution is -2.47. The zero-order chi connectivity index (χ0) is 13.0. The van der Waals surface area contributed by atoms with Crippen molar-refractivity contribution in [1.82, 2.24) is 10.2 Å². The summed E-state index contributed by atoms with van der Waals surface area (Å²) in [5.41, 5.74) is 0. The highest BCUT2D eigenvalue weighted by molar-refractivity contribution is 5.78. The van der Waals surface area contributed by atoms with Gasteiger partial charge < -0.3 is 5.32 Å². The fraction of sp³-hybridized carbons (Fsp3) is 0.933. The van der Waals surface area contributed by atoms with E-state index in [4.69, 9.17) is 0 Å². The summed E-state index contributed by atoms with van der Waals surface area (Å²) in [5, 5.41) is 3.25. The number of carbonyl (C=O) groups excluding carboxylic acids is 1. The second kappa shape index (κ2) is 6.55. The molecule has 1 N–H and O–H groups in total. The molecule has 0 spiro atoms. The van der Waals surface area contributed by atoms with E-state index in [1.807, 2.05) is 0 Å². The number of rotatable bonds is 3. The summed E-state index contributed by atoms with van der Waals surface area (Å²) in [7, 11) is 0. The molecule has 1 heterocycles. The molecular weight excluding hydrogens is 224 g/mol. The number of hydrogen-bond acceptors (Lipinski definition) is 2. The van der Waals surface area contributed by atoms with Gasteiger partial charge in [0.25, 0.3) is 0 Å². The van der Waals surface area contributed by atoms with Crippen LogP contribution in [0.1, 0.15) is 52.4 Å². The number of carbonyl (C=O) groups is 1. The van der Waals surface area contributed by atoms with Crippen molar-refractivity contribution in [3.63, 3.8) is 0 Å². The quantitative estimate of drug-likeness (QED) is 0.836. The number of nitrogens with zero attached hydrogens (tertiary/aromatic N) is 1. The lowest BCUT2D eigenvalue weighted by atomic mass is 9.86. The average molecular weight is 252 g/mol. The minimum Gasteiger partial charge on any atom is -0.352 e. The standard InChI is InChI=1S/C15H28N2O/c1-12-7-9-17(10-8-12)11-15(18)16-14-6-4-3-5-13(14)2/h12-14H,3-11H2,1-2H3,(H,16,18). The number of piperidine rings is 1. The Bertz CT molecular complexity index is 272. The topological polar surface area (TPSA) is 32.3 Å². The number of nitrogens with one attached hydrogen (secondary N) is 1. The van der Waals surface area contributed by atoms with E-state index in [1.54, 1.807) is 0 Å². The Balaban J connectivity index is 1.71. The van der Waals surface area contributed by atoms with Crippen molar-refractivity contribution >= 4 is 5.91 Å². The van der Waals surface area contributed by atoms with Crippen LogP contribution in [-0.2, 0) is 4.79 Å². The van der Waals surface area contributed by atoms with Crippen molar-refractivity contribution in [2.75, 3.05) is 19.6 Å². The molecule has 0 aromatic carbocycles. The number of likely N-dealkylation sites (tertiary alicyclic amines) is 1. The molecule has 0 aromatic rings. The average Bonchev–Trinajstić information content (AvgIpc) is 2.35. The molecule has 18 heavy (non-hydrogen) atoms. The molecule has 0 bridgehead atoms. The normalized spacial score (nSPS) is 31.2. The predicted molar refractivity (Wildman–Crippen MR) is 74.4 cm³/mol. The van der Waals surface area contributed by atoms with Crippen LogP contribution in [-0.4, -0.2) is 36.5 Å². The van der Waals surface area contributed by atoms with E-state index in [0.717, 1.165) is 19.0 Å². The van der Waals surface area contributed by atoms with Gasteiger partial charge in [0, 0.05) is 6.04 Å². The maximum atomic E-state index is 12.1. The third-order valence-corrected chi connectivity index (χ3v) is 4.70. The summed E-state index contributed by atoms with van der Waals surface area (Å²) >= 11 is 0. The molecule has 2 atom stereocenters. The van der Waals surface area contributed by atoms with Gasteiger partial charge in [-0.1, -0.05) is 26.7 Å². The highest BCUT2D eigenvalue weighted by Gasteiger charge is 2.24. The summed E-state index contributed by atoms with van der Waals surface area (Å²) in [5.74, 6) is 1.73. The van der Waals surface area contributed by atoms with Gasteiger partial charge in [-0.15, -0.1) is 0 Å². The van der Waals surface area contributed by atoms with Crippen molar-refractivity contribution in [3.8, 4) is 0 Å². The van der Waals surface area contributed by atoms with Gasteiger partial charge in [0.1, 0.15) is 0 Å². The molecule has 2 aliphatic rings. The van der Waals surface area contributed by atoms with Crippen LogP contribution in [0.4, 0.5) is 0 Å². The second-order valence-corrected chi connectivity index (χ2v) is 6.39. The van der Waals surface area contributed by atoms with Gasteiger partial charge >= 0.3 is 0 Å². The van der Waals surface area contributed by atoms with Crippen LogP contribution < -0.4 is 5.32 Å². The van der Waals surface area contributed by atoms with Crippen LogP contribution >= 0.6 is 0 Å². The van der Waals surface area contributed by atoms with E-state index < -0.39 is 0 Å². The third-order valence-electron chi connectivity index (χ3n) is 4.70. The summed E-state index contributed by atoms with van der Waals surface area (Å²) in [4.78, 5) is 14.4. The zero-order valence-corrected chi connectivity index (χ0v) is 12.0. The Labute approximate surface area is 111 Å². The molecule has 0 aromatic heterocycles. The summed E-state index contributed by atoms with van der Waals surface area (Å²) in [6.45, 7) is 7.37. The third kappa shape index (κ3) is 3.98. The lowest BCUT2D eigenvalue weighted by molar-refractivity contribution is -0.123. The minimum absolute atomic E-state index is 0.239. The van der Waals surface area contributed by atoms with Crippen molar-refractivity contribution in [3.05, 3.63) is 0 Å². The highest BCUT2D eigenvalue weighted by Crippen LogP contribution is 2.23. The Morgan fingerprint density at radius 1 is 1.11 bits per heavy atom. The fourth-order valence-corrected chi connectivity index (χ4v) is 3.21. The smallest absolute Gasteiger partial charge is 0.234 e. The first kappa shape index (κ1) is 13.9. The molecule has 3 nitrogen and oxygen atoms in total. The monoisotopic (exact) mass is 252 g/mol. The molecule has 2 rings (SSSR count). The van der Waals surface area contributed by atoms with E-state index in [9.17, 15) is 4.79 Å². The van der Waals surface area contributed by atoms with Crippen LogP contribution in [0.5, 0.6) is 0 Å². The minimum atomic E-state index is 0.239. The Kier molecular flexibility index (Phi) is 5.04. The maximum Gasteiger partial charge on any atom is 0.234 e. The van der Waals surface area contributed by atoms with Crippen molar-refractivity contribution in [1.29, 1.82) is 0 Å². The Hall–Kier alpha value is -0.570. The molecule has 1 aliphatic carbocycles. The highest BCUT2D eigenvalue weighted by atomic mass is 16.2. The first-order valence-corrected chi connectivity index (χ1v) is 7.67. The van der Waals surface area contributed by atoms with Gasteiger partial charge in [-0.25, -0.2) is 0 Å². The molecule has 1 saturated carbocycles. The van der Waals surface area contributed by atoms with Gasteiger partial charge in [0.15, 0.2) is 0 Å². The first-order valence-electron chi connectivity index (χ1n) is 7.67. The largest absolute Gasteiger partial charge is 0.352 e. The Morgan fingerprint density at radius 2 is 1.78 bits per heavy atom. The maximum absolute atomic E-state index is 12.1. The van der Waals surface area contributed by atoms with Crippen LogP contribution in [0.3, 0.4) is 0 Å². The van der Waals surface area contributed by atoms with E-state index >= 15 is 0 Å². The van der Waals surface area contributed by atoms with Crippen molar-refractivity contribution in [2.24, 2.45) is 11.8 Å². The first-order chi connectivity index (χ1) is 8.65. The van der Waals surface area contributed by atoms with Crippen LogP contribution in [0.2, 0.25) is 0 Å². The Morgan fingerprint density at radius 3 is 2.44 bits per heavy atom. The molecule has 2 fully saturated rings. The van der Waals surface area contributed by atoms with E-state index in [-0.39, 0.29) is 5.91 Å². The van der Waals surface area contributed by atoms with Gasteiger partial charge in [0.2, 0.25) is 5.91 Å². The second-order valence-electron chi connectivity index (χ2n) is 6.39. The van der Waals surface area contributed by atoms with E-state index in [2.05, 4.69) is 24.1 Å². The molecule has 1 amide bonds. The molecule has 2 unspecified atom stereocenters. The summed E-state index contributed by atoms with van der Waals surface area (Å²) < 4.78 is 0. The van der Waals surface area contributed by atoms with E-state index in [1.165, 1.54) is 38.5 Å². The van der Waals surface area contributed by atoms with Crippen LogP contribution in [0, 0.1) is 11.8 Å². The molecule has 0 radical (unpaired) electrons. The number of amides is 1.